The molecule has 0 spiro atoms. The molecule has 1 aliphatic carbocycles. The van der Waals surface area contributed by atoms with E-state index >= 15 is 0 Å². The highest BCUT2D eigenvalue weighted by Crippen LogP contribution is 2.46. The zero-order chi connectivity index (χ0) is 39.6. The molecular weight excluding hydrogens is 731 g/mol. The van der Waals surface area contributed by atoms with Gasteiger partial charge < -0.3 is 13.7 Å². The van der Waals surface area contributed by atoms with Crippen LogP contribution in [-0.4, -0.2) is 0 Å². The molecule has 11 aromatic rings. The first kappa shape index (κ1) is 34.2. The Morgan fingerprint density at radius 1 is 0.400 bits per heavy atom. The number of hydrogen-bond donors (Lipinski definition) is 0. The highest BCUT2D eigenvalue weighted by molar-refractivity contribution is 6.07. The van der Waals surface area contributed by atoms with E-state index in [9.17, 15) is 0 Å². The van der Waals surface area contributed by atoms with Crippen molar-refractivity contribution in [3.05, 3.63) is 222 Å². The van der Waals surface area contributed by atoms with Crippen LogP contribution in [0.25, 0.3) is 89.2 Å². The molecule has 0 fully saturated rings. The van der Waals surface area contributed by atoms with Crippen LogP contribution in [0, 0.1) is 0 Å². The van der Waals surface area contributed by atoms with E-state index in [4.69, 9.17) is 8.83 Å². The van der Waals surface area contributed by atoms with Gasteiger partial charge in [-0.05, 0) is 110 Å². The lowest BCUT2D eigenvalue weighted by atomic mass is 9.95. The topological polar surface area (TPSA) is 29.5 Å². The third-order valence-corrected chi connectivity index (χ3v) is 12.1. The van der Waals surface area contributed by atoms with Crippen molar-refractivity contribution in [1.82, 2.24) is 0 Å². The van der Waals surface area contributed by atoms with Gasteiger partial charge in [0.05, 0.1) is 5.69 Å². The summed E-state index contributed by atoms with van der Waals surface area (Å²) in [6.07, 6.45) is 5.31. The number of anilines is 3. The van der Waals surface area contributed by atoms with Crippen LogP contribution < -0.4 is 15.3 Å². The van der Waals surface area contributed by atoms with Crippen molar-refractivity contribution in [2.75, 3.05) is 4.90 Å². The van der Waals surface area contributed by atoms with Gasteiger partial charge in [-0.1, -0.05) is 146 Å². The van der Waals surface area contributed by atoms with Crippen LogP contribution in [0.4, 0.5) is 17.1 Å². The van der Waals surface area contributed by atoms with Gasteiger partial charge in [0.25, 0.3) is 0 Å². The molecule has 60 heavy (non-hydrogen) atoms. The minimum absolute atomic E-state index is 0.736. The fourth-order valence-corrected chi connectivity index (χ4v) is 9.16. The van der Waals surface area contributed by atoms with Gasteiger partial charge in [0, 0.05) is 51.1 Å². The number of furan rings is 2. The number of benzene rings is 9. The van der Waals surface area contributed by atoms with Crippen molar-refractivity contribution in [2.24, 2.45) is 0 Å². The van der Waals surface area contributed by atoms with Gasteiger partial charge in [-0.25, -0.2) is 0 Å². The summed E-state index contributed by atoms with van der Waals surface area (Å²) in [5.41, 5.74) is 13.8. The highest BCUT2D eigenvalue weighted by Gasteiger charge is 2.23. The van der Waals surface area contributed by atoms with Gasteiger partial charge >= 0.3 is 0 Å². The first-order valence-corrected chi connectivity index (χ1v) is 20.5. The Hall–Kier alpha value is -7.88. The van der Waals surface area contributed by atoms with Crippen molar-refractivity contribution in [1.29, 1.82) is 0 Å². The maximum absolute atomic E-state index is 6.63. The van der Waals surface area contributed by atoms with Gasteiger partial charge in [-0.15, -0.1) is 0 Å². The fraction of sp³-hybridized carbons (Fsp3) is 0.0175. The molecule has 12 rings (SSSR count). The molecule has 3 heteroatoms. The third kappa shape index (κ3) is 5.74. The fourth-order valence-electron chi connectivity index (χ4n) is 9.16. The van der Waals surface area contributed by atoms with Crippen molar-refractivity contribution >= 4 is 72.9 Å². The van der Waals surface area contributed by atoms with E-state index in [1.807, 2.05) is 12.1 Å². The monoisotopic (exact) mass is 767 g/mol. The number of rotatable bonds is 6. The third-order valence-electron chi connectivity index (χ3n) is 12.1. The molecule has 0 saturated heterocycles. The van der Waals surface area contributed by atoms with E-state index in [0.717, 1.165) is 84.4 Å². The Balaban J connectivity index is 1.01. The van der Waals surface area contributed by atoms with E-state index < -0.39 is 0 Å². The minimum Gasteiger partial charge on any atom is -0.460 e. The molecule has 0 atom stereocenters. The summed E-state index contributed by atoms with van der Waals surface area (Å²) < 4.78 is 13.1. The van der Waals surface area contributed by atoms with Crippen molar-refractivity contribution in [2.45, 2.75) is 6.42 Å². The molecule has 282 valence electrons. The maximum Gasteiger partial charge on any atom is 0.137 e. The Bertz CT molecular complexity index is 3590. The quantitative estimate of drug-likeness (QED) is 0.169. The number of para-hydroxylation sites is 2. The molecule has 2 aromatic heterocycles. The highest BCUT2D eigenvalue weighted by atomic mass is 16.3. The second-order valence-corrected chi connectivity index (χ2v) is 15.6. The van der Waals surface area contributed by atoms with E-state index in [0.29, 0.717) is 0 Å². The summed E-state index contributed by atoms with van der Waals surface area (Å²) in [4.78, 5) is 2.36. The van der Waals surface area contributed by atoms with Crippen molar-refractivity contribution < 1.29 is 8.83 Å². The van der Waals surface area contributed by atoms with Gasteiger partial charge in [0.1, 0.15) is 22.5 Å². The molecule has 0 saturated carbocycles. The largest absolute Gasteiger partial charge is 0.460 e. The zero-order valence-corrected chi connectivity index (χ0v) is 32.7. The zero-order valence-electron chi connectivity index (χ0n) is 32.7. The summed E-state index contributed by atoms with van der Waals surface area (Å²) in [7, 11) is 0. The molecule has 1 aliphatic rings. The van der Waals surface area contributed by atoms with E-state index in [1.165, 1.54) is 37.9 Å². The Morgan fingerprint density at radius 2 is 1.07 bits per heavy atom. The van der Waals surface area contributed by atoms with Gasteiger partial charge in [-0.3, -0.25) is 0 Å². The Morgan fingerprint density at radius 3 is 1.98 bits per heavy atom. The molecule has 2 heterocycles. The lowest BCUT2D eigenvalue weighted by Gasteiger charge is -2.28. The predicted molar refractivity (Wildman–Crippen MR) is 249 cm³/mol. The first-order valence-electron chi connectivity index (χ1n) is 20.5. The molecule has 9 aromatic carbocycles. The standard InChI is InChI=1S/C57H37NO2/c1-3-13-40-34-44(24-23-37(40)11-1)42-16-9-15-41(33-42)39-25-28-45(29-26-39)58(46-30-31-49-48-18-6-8-21-53(48)60-56(49)36-46)52-20-7-5-17-47(52)50-19-10-22-55-57(50)51-35-43-14-4-2-12-38(43)27-32-54(51)59-55/h1-31,33-36H,32H2. The summed E-state index contributed by atoms with van der Waals surface area (Å²) in [6, 6.07) is 71.6. The second kappa shape index (κ2) is 13.9. The van der Waals surface area contributed by atoms with Crippen LogP contribution in [-0.2, 0) is 6.42 Å². The van der Waals surface area contributed by atoms with Crippen molar-refractivity contribution in [3.63, 3.8) is 0 Å². The lowest BCUT2D eigenvalue weighted by molar-refractivity contribution is 0.568. The molecule has 0 unspecified atom stereocenters. The smallest absolute Gasteiger partial charge is 0.137 e. The van der Waals surface area contributed by atoms with Crippen LogP contribution >= 0.6 is 0 Å². The average Bonchev–Trinajstić information content (AvgIpc) is 3.80. The number of nitrogens with zero attached hydrogens (tertiary/aromatic N) is 1. The first-order chi connectivity index (χ1) is 29.7. The van der Waals surface area contributed by atoms with Crippen molar-refractivity contribution in [3.8, 4) is 33.4 Å². The van der Waals surface area contributed by atoms with Gasteiger partial charge in [-0.2, -0.15) is 0 Å². The minimum atomic E-state index is 0.736. The molecule has 3 nitrogen and oxygen atoms in total. The molecule has 0 N–H and O–H groups in total. The Kier molecular flexibility index (Phi) is 7.92. The summed E-state index contributed by atoms with van der Waals surface area (Å²) in [5.74, 6) is 0.985. The van der Waals surface area contributed by atoms with E-state index in [1.54, 1.807) is 0 Å². The average molecular weight is 768 g/mol. The Labute approximate surface area is 347 Å². The molecule has 0 radical (unpaired) electrons. The number of fused-ring (bicyclic) bond motifs is 8. The second-order valence-electron chi connectivity index (χ2n) is 15.6. The van der Waals surface area contributed by atoms with Crippen LogP contribution in [0.1, 0.15) is 11.3 Å². The summed E-state index contributed by atoms with van der Waals surface area (Å²) in [5, 5.41) is 8.26. The maximum atomic E-state index is 6.63. The molecule has 0 amide bonds. The van der Waals surface area contributed by atoms with Crippen LogP contribution in [0.5, 0.6) is 0 Å². The number of hydrogen-bond acceptors (Lipinski definition) is 3. The van der Waals surface area contributed by atoms with E-state index in [2.05, 4.69) is 205 Å². The van der Waals surface area contributed by atoms with Crippen LogP contribution in [0.3, 0.4) is 0 Å². The molecule has 0 bridgehead atoms. The normalized spacial score (nSPS) is 12.2. The predicted octanol–water partition coefficient (Wildman–Crippen LogP) is 14.1. The molecule has 0 aliphatic heterocycles. The summed E-state index contributed by atoms with van der Waals surface area (Å²) in [6.45, 7) is 0. The SMILES string of the molecule is C1=c2ccccc2=Cc2c(oc3cccc(-c4ccccc4N(c4ccc(-c5cccc(-c6ccc7ccccc7c6)c5)cc4)c4ccc5c(c4)oc4ccccc45)c23)C1. The van der Waals surface area contributed by atoms with Crippen LogP contribution in [0.15, 0.2) is 209 Å². The van der Waals surface area contributed by atoms with E-state index in [-0.39, 0.29) is 0 Å². The summed E-state index contributed by atoms with van der Waals surface area (Å²) >= 11 is 0. The van der Waals surface area contributed by atoms with Gasteiger partial charge in [0.15, 0.2) is 0 Å². The molecular formula is C57H37NO2. The van der Waals surface area contributed by atoms with Gasteiger partial charge in [0.2, 0.25) is 0 Å². The van der Waals surface area contributed by atoms with Crippen LogP contribution in [0.2, 0.25) is 0 Å². The lowest BCUT2D eigenvalue weighted by Crippen LogP contribution is -2.22.